The first-order chi connectivity index (χ1) is 11.5. The fourth-order valence-electron chi connectivity index (χ4n) is 2.45. The summed E-state index contributed by atoms with van der Waals surface area (Å²) in [5, 5.41) is 7.18. The van der Waals surface area contributed by atoms with Gasteiger partial charge in [-0.05, 0) is 44.0 Å². The van der Waals surface area contributed by atoms with Gasteiger partial charge >= 0.3 is 0 Å². The van der Waals surface area contributed by atoms with E-state index in [1.54, 1.807) is 6.92 Å². The molecule has 3 aromatic rings. The lowest BCUT2D eigenvalue weighted by molar-refractivity contribution is 0.112. The first-order valence-corrected chi connectivity index (χ1v) is 7.36. The molecule has 0 aliphatic rings. The van der Waals surface area contributed by atoms with E-state index in [1.807, 2.05) is 26.0 Å². The van der Waals surface area contributed by atoms with Gasteiger partial charge in [0.25, 0.3) is 0 Å². The number of carbonyl (C=O) groups is 1. The van der Waals surface area contributed by atoms with Crippen molar-refractivity contribution in [1.82, 2.24) is 19.7 Å². The molecule has 0 spiro atoms. The predicted molar refractivity (Wildman–Crippen MR) is 88.4 cm³/mol. The second kappa shape index (κ2) is 6.19. The number of benzene rings is 1. The fourth-order valence-corrected chi connectivity index (χ4v) is 2.45. The molecule has 1 N–H and O–H groups in total. The van der Waals surface area contributed by atoms with Crippen molar-refractivity contribution in [3.8, 4) is 5.82 Å². The first-order valence-electron chi connectivity index (χ1n) is 7.36. The molecule has 0 unspecified atom stereocenters. The number of aldehydes is 1. The van der Waals surface area contributed by atoms with Crippen molar-refractivity contribution in [2.75, 3.05) is 5.32 Å². The molecule has 0 saturated heterocycles. The molecule has 0 radical (unpaired) electrons. The van der Waals surface area contributed by atoms with Crippen molar-refractivity contribution in [2.24, 2.45) is 0 Å². The van der Waals surface area contributed by atoms with Crippen LogP contribution in [-0.2, 0) is 0 Å². The van der Waals surface area contributed by atoms with Crippen LogP contribution in [0.4, 0.5) is 16.0 Å². The van der Waals surface area contributed by atoms with Gasteiger partial charge in [-0.1, -0.05) is 6.07 Å². The van der Waals surface area contributed by atoms with E-state index >= 15 is 0 Å². The Morgan fingerprint density at radius 3 is 2.50 bits per heavy atom. The lowest BCUT2D eigenvalue weighted by atomic mass is 10.1. The Kier molecular flexibility index (Phi) is 4.07. The van der Waals surface area contributed by atoms with Gasteiger partial charge in [0.1, 0.15) is 0 Å². The molecule has 3 rings (SSSR count). The molecular formula is C17H16FN5O. The molecule has 6 nitrogen and oxygen atoms in total. The van der Waals surface area contributed by atoms with Crippen LogP contribution in [0.25, 0.3) is 5.82 Å². The molecule has 24 heavy (non-hydrogen) atoms. The Labute approximate surface area is 138 Å². The van der Waals surface area contributed by atoms with Gasteiger partial charge in [0.2, 0.25) is 5.95 Å². The number of rotatable bonds is 4. The standard InChI is InChI=1S/C17H16FN5O/c1-10-4-11(2)6-14(5-10)20-17-19-7-15(18)16(21-17)23-8-13(9-24)12(3)22-23/h4-9H,1-3H3,(H,19,20,21). The zero-order valence-corrected chi connectivity index (χ0v) is 13.5. The minimum atomic E-state index is -0.624. The molecular weight excluding hydrogens is 309 g/mol. The molecule has 0 aliphatic carbocycles. The lowest BCUT2D eigenvalue weighted by Crippen LogP contribution is -2.06. The summed E-state index contributed by atoms with van der Waals surface area (Å²) in [6, 6.07) is 5.94. The summed E-state index contributed by atoms with van der Waals surface area (Å²) in [6.07, 6.45) is 3.19. The van der Waals surface area contributed by atoms with E-state index in [1.165, 1.54) is 10.9 Å². The quantitative estimate of drug-likeness (QED) is 0.745. The highest BCUT2D eigenvalue weighted by Gasteiger charge is 2.13. The van der Waals surface area contributed by atoms with Gasteiger partial charge in [-0.15, -0.1) is 0 Å². The SMILES string of the molecule is Cc1cc(C)cc(Nc2ncc(F)c(-n3cc(C=O)c(C)n3)n2)c1. The Morgan fingerprint density at radius 2 is 1.88 bits per heavy atom. The van der Waals surface area contributed by atoms with Crippen LogP contribution < -0.4 is 5.32 Å². The van der Waals surface area contributed by atoms with Crippen LogP contribution in [0.15, 0.2) is 30.6 Å². The molecule has 0 saturated carbocycles. The topological polar surface area (TPSA) is 72.7 Å². The van der Waals surface area contributed by atoms with E-state index < -0.39 is 5.82 Å². The average Bonchev–Trinajstić information content (AvgIpc) is 2.89. The van der Waals surface area contributed by atoms with Gasteiger partial charge < -0.3 is 5.32 Å². The van der Waals surface area contributed by atoms with Crippen LogP contribution in [0.5, 0.6) is 0 Å². The highest BCUT2D eigenvalue weighted by atomic mass is 19.1. The molecule has 2 heterocycles. The van der Waals surface area contributed by atoms with E-state index in [2.05, 4.69) is 26.4 Å². The summed E-state index contributed by atoms with van der Waals surface area (Å²) in [7, 11) is 0. The number of anilines is 2. The molecule has 0 amide bonds. The second-order valence-electron chi connectivity index (χ2n) is 5.60. The van der Waals surface area contributed by atoms with Crippen LogP contribution in [0.3, 0.4) is 0 Å². The number of hydrogen-bond donors (Lipinski definition) is 1. The maximum Gasteiger partial charge on any atom is 0.229 e. The van der Waals surface area contributed by atoms with Crippen LogP contribution in [-0.4, -0.2) is 26.0 Å². The molecule has 7 heteroatoms. The van der Waals surface area contributed by atoms with Crippen molar-refractivity contribution in [3.63, 3.8) is 0 Å². The van der Waals surface area contributed by atoms with Crippen molar-refractivity contribution >= 4 is 17.9 Å². The normalized spacial score (nSPS) is 10.7. The monoisotopic (exact) mass is 325 g/mol. The second-order valence-corrected chi connectivity index (χ2v) is 5.60. The minimum absolute atomic E-state index is 0.0203. The van der Waals surface area contributed by atoms with E-state index in [9.17, 15) is 9.18 Å². The van der Waals surface area contributed by atoms with Crippen LogP contribution >= 0.6 is 0 Å². The first kappa shape index (κ1) is 15.8. The Bertz CT molecular complexity index is 899. The Balaban J connectivity index is 1.97. The van der Waals surface area contributed by atoms with Gasteiger partial charge in [-0.25, -0.2) is 14.1 Å². The maximum absolute atomic E-state index is 14.1. The van der Waals surface area contributed by atoms with E-state index in [-0.39, 0.29) is 11.8 Å². The summed E-state index contributed by atoms with van der Waals surface area (Å²) in [6.45, 7) is 5.65. The number of nitrogens with one attached hydrogen (secondary N) is 1. The summed E-state index contributed by atoms with van der Waals surface area (Å²) >= 11 is 0. The molecule has 0 bridgehead atoms. The van der Waals surface area contributed by atoms with Crippen LogP contribution in [0.1, 0.15) is 27.2 Å². The van der Waals surface area contributed by atoms with Crippen molar-refractivity contribution in [1.29, 1.82) is 0 Å². The third kappa shape index (κ3) is 3.15. The van der Waals surface area contributed by atoms with E-state index in [0.717, 1.165) is 23.0 Å². The Morgan fingerprint density at radius 1 is 1.17 bits per heavy atom. The van der Waals surface area contributed by atoms with Crippen molar-refractivity contribution in [2.45, 2.75) is 20.8 Å². The molecule has 122 valence electrons. The van der Waals surface area contributed by atoms with E-state index in [0.29, 0.717) is 17.5 Å². The Hall–Kier alpha value is -3.09. The minimum Gasteiger partial charge on any atom is -0.324 e. The summed E-state index contributed by atoms with van der Waals surface area (Å²) in [4.78, 5) is 19.1. The maximum atomic E-state index is 14.1. The van der Waals surface area contributed by atoms with Gasteiger partial charge in [0.05, 0.1) is 17.5 Å². The van der Waals surface area contributed by atoms with Gasteiger partial charge in [0, 0.05) is 11.9 Å². The zero-order valence-electron chi connectivity index (χ0n) is 13.5. The number of nitrogens with zero attached hydrogens (tertiary/aromatic N) is 4. The largest absolute Gasteiger partial charge is 0.324 e. The fraction of sp³-hybridized carbons (Fsp3) is 0.176. The summed E-state index contributed by atoms with van der Waals surface area (Å²) in [5.41, 5.74) is 3.90. The van der Waals surface area contributed by atoms with Crippen molar-refractivity contribution in [3.05, 3.63) is 58.8 Å². The summed E-state index contributed by atoms with van der Waals surface area (Å²) < 4.78 is 15.3. The van der Waals surface area contributed by atoms with Crippen LogP contribution in [0.2, 0.25) is 0 Å². The smallest absolute Gasteiger partial charge is 0.229 e. The van der Waals surface area contributed by atoms with Gasteiger partial charge in [-0.3, -0.25) is 4.79 Å². The number of aryl methyl sites for hydroxylation is 3. The lowest BCUT2D eigenvalue weighted by Gasteiger charge is -2.09. The molecule has 1 aromatic carbocycles. The average molecular weight is 325 g/mol. The summed E-state index contributed by atoms with van der Waals surface area (Å²) in [5.74, 6) is -0.397. The third-order valence-corrected chi connectivity index (χ3v) is 3.48. The van der Waals surface area contributed by atoms with E-state index in [4.69, 9.17) is 0 Å². The highest BCUT2D eigenvalue weighted by Crippen LogP contribution is 2.19. The molecule has 0 atom stereocenters. The molecule has 0 aliphatic heterocycles. The number of hydrogen-bond acceptors (Lipinski definition) is 5. The van der Waals surface area contributed by atoms with Crippen molar-refractivity contribution < 1.29 is 9.18 Å². The molecule has 2 aromatic heterocycles. The van der Waals surface area contributed by atoms with Gasteiger partial charge in [0.15, 0.2) is 17.9 Å². The zero-order chi connectivity index (χ0) is 17.3. The van der Waals surface area contributed by atoms with Crippen LogP contribution in [0, 0.1) is 26.6 Å². The predicted octanol–water partition coefficient (Wildman–Crippen LogP) is 3.28. The molecule has 0 fully saturated rings. The number of carbonyl (C=O) groups excluding carboxylic acids is 1. The third-order valence-electron chi connectivity index (χ3n) is 3.48. The number of halogens is 1. The number of aromatic nitrogens is 4. The highest BCUT2D eigenvalue weighted by molar-refractivity contribution is 5.76. The van der Waals surface area contributed by atoms with Gasteiger partial charge in [-0.2, -0.15) is 10.1 Å².